The van der Waals surface area contributed by atoms with Gasteiger partial charge in [0.25, 0.3) is 0 Å². The lowest BCUT2D eigenvalue weighted by Crippen LogP contribution is -2.30. The Balaban J connectivity index is 1.72. The Bertz CT molecular complexity index is 612. The van der Waals surface area contributed by atoms with E-state index < -0.39 is 0 Å². The van der Waals surface area contributed by atoms with E-state index in [0.717, 1.165) is 30.2 Å². The molecule has 0 aromatic carbocycles. The van der Waals surface area contributed by atoms with Crippen molar-refractivity contribution in [2.45, 2.75) is 38.3 Å². The Labute approximate surface area is 129 Å². The number of thioether (sulfide) groups is 1. The molecule has 2 saturated heterocycles. The molecule has 5 heteroatoms. The molecule has 2 aliphatic heterocycles. The van der Waals surface area contributed by atoms with Gasteiger partial charge in [0, 0.05) is 12.7 Å². The number of nitrogens with zero attached hydrogens (tertiary/aromatic N) is 3. The van der Waals surface area contributed by atoms with Crippen LogP contribution in [0.3, 0.4) is 0 Å². The molecule has 2 aliphatic rings. The molecule has 2 aromatic rings. The van der Waals surface area contributed by atoms with Crippen LogP contribution in [0.25, 0.3) is 11.2 Å². The summed E-state index contributed by atoms with van der Waals surface area (Å²) >= 11 is 2.08. The van der Waals surface area contributed by atoms with Crippen LogP contribution in [-0.4, -0.2) is 32.6 Å². The summed E-state index contributed by atoms with van der Waals surface area (Å²) in [6, 6.07) is 4.49. The van der Waals surface area contributed by atoms with Gasteiger partial charge in [-0.3, -0.25) is 0 Å². The zero-order valence-electron chi connectivity index (χ0n) is 12.3. The first kappa shape index (κ1) is 13.6. The Kier molecular flexibility index (Phi) is 3.86. The molecule has 0 bridgehead atoms. The van der Waals surface area contributed by atoms with Crippen LogP contribution in [0.2, 0.25) is 0 Å². The maximum Gasteiger partial charge on any atom is 0.160 e. The van der Waals surface area contributed by atoms with Gasteiger partial charge in [-0.1, -0.05) is 6.42 Å². The first-order chi connectivity index (χ1) is 10.4. The lowest BCUT2D eigenvalue weighted by atomic mass is 10.0. The van der Waals surface area contributed by atoms with E-state index in [1.54, 1.807) is 0 Å². The normalized spacial score (nSPS) is 26.5. The number of rotatable bonds is 3. The van der Waals surface area contributed by atoms with Crippen LogP contribution in [0.1, 0.15) is 37.5 Å². The summed E-state index contributed by atoms with van der Waals surface area (Å²) in [5.74, 6) is 4.57. The largest absolute Gasteiger partial charge is 0.311 e. The third kappa shape index (κ3) is 2.69. The number of hydrogen-bond donors (Lipinski definition) is 1. The minimum absolute atomic E-state index is 0.405. The summed E-state index contributed by atoms with van der Waals surface area (Å²) in [7, 11) is 0. The quantitative estimate of drug-likeness (QED) is 0.946. The minimum atomic E-state index is 0.405. The zero-order valence-corrected chi connectivity index (χ0v) is 13.1. The molecule has 4 heterocycles. The average Bonchev–Trinajstić information content (AvgIpc) is 3.17. The summed E-state index contributed by atoms with van der Waals surface area (Å²) in [6.45, 7) is 2.19. The second kappa shape index (κ2) is 5.97. The fourth-order valence-corrected chi connectivity index (χ4v) is 4.75. The van der Waals surface area contributed by atoms with Crippen LogP contribution in [-0.2, 0) is 6.54 Å². The van der Waals surface area contributed by atoms with Crippen molar-refractivity contribution in [1.29, 1.82) is 0 Å². The predicted octanol–water partition coefficient (Wildman–Crippen LogP) is 3.00. The summed E-state index contributed by atoms with van der Waals surface area (Å²) in [6.07, 6.45) is 7.00. The Morgan fingerprint density at radius 2 is 2.33 bits per heavy atom. The standard InChI is InChI=1S/C16H22N4S/c1-2-7-17-13(4-1)16-19-14-5-3-8-18-15(14)20(16)10-12-6-9-21-11-12/h3,5,8,12-13,17H,1-2,4,6-7,9-11H2. The first-order valence-corrected chi connectivity index (χ1v) is 9.19. The Hall–Kier alpha value is -1.07. The predicted molar refractivity (Wildman–Crippen MR) is 87.6 cm³/mol. The van der Waals surface area contributed by atoms with E-state index in [2.05, 4.69) is 32.7 Å². The highest BCUT2D eigenvalue weighted by Gasteiger charge is 2.25. The SMILES string of the molecule is c1cnc2c(c1)nc(C1CCCCN1)n2CC1CCSC1. The monoisotopic (exact) mass is 302 g/mol. The molecule has 1 N–H and O–H groups in total. The molecular weight excluding hydrogens is 280 g/mol. The van der Waals surface area contributed by atoms with Gasteiger partial charge >= 0.3 is 0 Å². The number of pyridine rings is 1. The molecule has 2 unspecified atom stereocenters. The average molecular weight is 302 g/mol. The van der Waals surface area contributed by atoms with Crippen LogP contribution in [0.15, 0.2) is 18.3 Å². The van der Waals surface area contributed by atoms with Gasteiger partial charge in [0.05, 0.1) is 6.04 Å². The van der Waals surface area contributed by atoms with Gasteiger partial charge in [-0.05, 0) is 55.4 Å². The van der Waals surface area contributed by atoms with Gasteiger partial charge in [0.15, 0.2) is 5.65 Å². The highest BCUT2D eigenvalue weighted by atomic mass is 32.2. The Morgan fingerprint density at radius 1 is 1.33 bits per heavy atom. The smallest absolute Gasteiger partial charge is 0.160 e. The van der Waals surface area contributed by atoms with Crippen molar-refractivity contribution < 1.29 is 0 Å². The van der Waals surface area contributed by atoms with E-state index in [9.17, 15) is 0 Å². The molecule has 0 saturated carbocycles. The minimum Gasteiger partial charge on any atom is -0.311 e. The maximum absolute atomic E-state index is 4.91. The molecule has 112 valence electrons. The van der Waals surface area contributed by atoms with Crippen LogP contribution in [0, 0.1) is 5.92 Å². The first-order valence-electron chi connectivity index (χ1n) is 8.04. The highest BCUT2D eigenvalue weighted by molar-refractivity contribution is 7.99. The fraction of sp³-hybridized carbons (Fsp3) is 0.625. The molecule has 0 radical (unpaired) electrons. The van der Waals surface area contributed by atoms with Gasteiger partial charge in [-0.2, -0.15) is 11.8 Å². The van der Waals surface area contributed by atoms with Crippen molar-refractivity contribution in [3.8, 4) is 0 Å². The van der Waals surface area contributed by atoms with E-state index >= 15 is 0 Å². The van der Waals surface area contributed by atoms with Crippen LogP contribution >= 0.6 is 11.8 Å². The summed E-state index contributed by atoms with van der Waals surface area (Å²) in [4.78, 5) is 9.51. The third-order valence-electron chi connectivity index (χ3n) is 4.62. The van der Waals surface area contributed by atoms with E-state index in [1.165, 1.54) is 43.0 Å². The molecule has 4 nitrogen and oxygen atoms in total. The summed E-state index contributed by atoms with van der Waals surface area (Å²) in [5, 5.41) is 3.65. The topological polar surface area (TPSA) is 42.7 Å². The second-order valence-electron chi connectivity index (χ2n) is 6.16. The molecule has 21 heavy (non-hydrogen) atoms. The highest BCUT2D eigenvalue weighted by Crippen LogP contribution is 2.30. The van der Waals surface area contributed by atoms with E-state index in [0.29, 0.717) is 6.04 Å². The van der Waals surface area contributed by atoms with E-state index in [4.69, 9.17) is 4.98 Å². The molecule has 0 amide bonds. The third-order valence-corrected chi connectivity index (χ3v) is 5.85. The van der Waals surface area contributed by atoms with Crippen LogP contribution in [0.5, 0.6) is 0 Å². The number of imidazole rings is 1. The van der Waals surface area contributed by atoms with Gasteiger partial charge in [-0.15, -0.1) is 0 Å². The molecular formula is C16H22N4S. The van der Waals surface area contributed by atoms with Gasteiger partial charge in [-0.25, -0.2) is 9.97 Å². The molecule has 2 atom stereocenters. The molecule has 0 aliphatic carbocycles. The fourth-order valence-electron chi connectivity index (χ4n) is 3.48. The van der Waals surface area contributed by atoms with Crippen molar-refractivity contribution in [3.63, 3.8) is 0 Å². The van der Waals surface area contributed by atoms with Crippen LogP contribution < -0.4 is 5.32 Å². The second-order valence-corrected chi connectivity index (χ2v) is 7.31. The molecule has 0 spiro atoms. The van der Waals surface area contributed by atoms with Gasteiger partial charge < -0.3 is 9.88 Å². The number of fused-ring (bicyclic) bond motifs is 1. The van der Waals surface area contributed by atoms with Crippen molar-refractivity contribution in [2.24, 2.45) is 5.92 Å². The summed E-state index contributed by atoms with van der Waals surface area (Å²) < 4.78 is 2.40. The maximum atomic E-state index is 4.91. The molecule has 4 rings (SSSR count). The molecule has 2 aromatic heterocycles. The van der Waals surface area contributed by atoms with Gasteiger partial charge in [0.2, 0.25) is 0 Å². The van der Waals surface area contributed by atoms with Crippen molar-refractivity contribution in [3.05, 3.63) is 24.2 Å². The van der Waals surface area contributed by atoms with Crippen molar-refractivity contribution in [1.82, 2.24) is 19.9 Å². The number of hydrogen-bond acceptors (Lipinski definition) is 4. The van der Waals surface area contributed by atoms with E-state index in [-0.39, 0.29) is 0 Å². The zero-order chi connectivity index (χ0) is 14.1. The lowest BCUT2D eigenvalue weighted by molar-refractivity contribution is 0.376. The van der Waals surface area contributed by atoms with E-state index in [1.807, 2.05) is 12.3 Å². The lowest BCUT2D eigenvalue weighted by Gasteiger charge is -2.24. The van der Waals surface area contributed by atoms with Crippen molar-refractivity contribution >= 4 is 22.9 Å². The van der Waals surface area contributed by atoms with Crippen molar-refractivity contribution in [2.75, 3.05) is 18.1 Å². The number of piperidine rings is 1. The molecule has 2 fully saturated rings. The number of nitrogens with one attached hydrogen (secondary N) is 1. The Morgan fingerprint density at radius 3 is 3.14 bits per heavy atom. The summed E-state index contributed by atoms with van der Waals surface area (Å²) in [5.41, 5.74) is 2.11. The number of aromatic nitrogens is 3. The van der Waals surface area contributed by atoms with Crippen LogP contribution in [0.4, 0.5) is 0 Å². The van der Waals surface area contributed by atoms with Gasteiger partial charge in [0.1, 0.15) is 11.3 Å².